The molecule has 0 saturated heterocycles. The van der Waals surface area contributed by atoms with Crippen molar-refractivity contribution in [1.82, 2.24) is 9.47 Å². The number of para-hydroxylation sites is 1. The van der Waals surface area contributed by atoms with Crippen LogP contribution in [0.4, 0.5) is 0 Å². The van der Waals surface area contributed by atoms with Gasteiger partial charge in [0.05, 0.1) is 11.6 Å². The Bertz CT molecular complexity index is 730. The first-order valence-corrected chi connectivity index (χ1v) is 7.27. The molecule has 2 aromatic rings. The van der Waals surface area contributed by atoms with E-state index < -0.39 is 0 Å². The van der Waals surface area contributed by atoms with Crippen molar-refractivity contribution in [2.75, 3.05) is 13.2 Å². The van der Waals surface area contributed by atoms with Gasteiger partial charge in [-0.3, -0.25) is 4.79 Å². The maximum atomic E-state index is 12.4. The number of fused-ring (bicyclic) bond motifs is 1. The van der Waals surface area contributed by atoms with Gasteiger partial charge in [0.1, 0.15) is 11.8 Å². The molecule has 0 aliphatic carbocycles. The van der Waals surface area contributed by atoms with Crippen molar-refractivity contribution >= 4 is 5.91 Å². The number of aromatic nitrogens is 1. The van der Waals surface area contributed by atoms with E-state index in [4.69, 9.17) is 10.00 Å². The fraction of sp³-hybridized carbons (Fsp3) is 0.294. The van der Waals surface area contributed by atoms with E-state index in [1.54, 1.807) is 24.3 Å². The number of hydrogen-bond acceptors (Lipinski definition) is 3. The van der Waals surface area contributed by atoms with Gasteiger partial charge in [0.15, 0.2) is 6.61 Å². The van der Waals surface area contributed by atoms with Crippen LogP contribution in [0.5, 0.6) is 5.75 Å². The van der Waals surface area contributed by atoms with Gasteiger partial charge in [-0.2, -0.15) is 5.26 Å². The van der Waals surface area contributed by atoms with Crippen LogP contribution in [0.1, 0.15) is 24.2 Å². The molecule has 3 rings (SSSR count). The van der Waals surface area contributed by atoms with Gasteiger partial charge in [0.2, 0.25) is 0 Å². The van der Waals surface area contributed by atoms with Gasteiger partial charge < -0.3 is 14.2 Å². The molecule has 0 fully saturated rings. The summed E-state index contributed by atoms with van der Waals surface area (Å²) in [7, 11) is 0. The van der Waals surface area contributed by atoms with Crippen molar-refractivity contribution in [3.05, 3.63) is 53.9 Å². The third-order valence-corrected chi connectivity index (χ3v) is 4.02. The second kappa shape index (κ2) is 5.94. The molecule has 0 bridgehead atoms. The SMILES string of the molecule is CC1c2cccn2CCN1C(=O)COc1ccccc1C#N. The zero-order valence-corrected chi connectivity index (χ0v) is 12.4. The highest BCUT2D eigenvalue weighted by Gasteiger charge is 2.27. The number of benzene rings is 1. The Labute approximate surface area is 129 Å². The van der Waals surface area contributed by atoms with Gasteiger partial charge in [0, 0.05) is 25.0 Å². The zero-order valence-electron chi connectivity index (χ0n) is 12.4. The molecular weight excluding hydrogens is 278 g/mol. The molecule has 0 N–H and O–H groups in total. The highest BCUT2D eigenvalue weighted by Crippen LogP contribution is 2.25. The van der Waals surface area contributed by atoms with Crippen LogP contribution in [0, 0.1) is 11.3 Å². The van der Waals surface area contributed by atoms with Crippen LogP contribution in [-0.4, -0.2) is 28.5 Å². The van der Waals surface area contributed by atoms with E-state index in [0.717, 1.165) is 12.2 Å². The third-order valence-electron chi connectivity index (χ3n) is 4.02. The van der Waals surface area contributed by atoms with Crippen molar-refractivity contribution in [2.24, 2.45) is 0 Å². The molecule has 0 saturated carbocycles. The summed E-state index contributed by atoms with van der Waals surface area (Å²) < 4.78 is 7.71. The Morgan fingerprint density at radius 2 is 2.14 bits per heavy atom. The third kappa shape index (κ3) is 2.56. The molecule has 1 aromatic heterocycles. The van der Waals surface area contributed by atoms with Gasteiger partial charge in [0.25, 0.3) is 5.91 Å². The minimum atomic E-state index is -0.0623. The quantitative estimate of drug-likeness (QED) is 0.873. The number of nitrogens with zero attached hydrogens (tertiary/aromatic N) is 3. The number of hydrogen-bond donors (Lipinski definition) is 0. The van der Waals surface area contributed by atoms with E-state index in [1.165, 1.54) is 0 Å². The first-order valence-electron chi connectivity index (χ1n) is 7.27. The maximum absolute atomic E-state index is 12.4. The molecule has 2 heterocycles. The summed E-state index contributed by atoms with van der Waals surface area (Å²) in [5.41, 5.74) is 1.58. The van der Waals surface area contributed by atoms with E-state index in [0.29, 0.717) is 17.9 Å². The van der Waals surface area contributed by atoms with Gasteiger partial charge in [-0.15, -0.1) is 0 Å². The van der Waals surface area contributed by atoms with Gasteiger partial charge >= 0.3 is 0 Å². The molecular formula is C17H17N3O2. The van der Waals surface area contributed by atoms with E-state index in [1.807, 2.05) is 30.2 Å². The molecule has 0 spiro atoms. The minimum Gasteiger partial charge on any atom is -0.482 e. The van der Waals surface area contributed by atoms with Crippen LogP contribution in [0.25, 0.3) is 0 Å². The smallest absolute Gasteiger partial charge is 0.261 e. The first-order chi connectivity index (χ1) is 10.7. The number of ether oxygens (including phenoxy) is 1. The zero-order chi connectivity index (χ0) is 15.5. The molecule has 1 atom stereocenters. The molecule has 1 unspecified atom stereocenters. The lowest BCUT2D eigenvalue weighted by molar-refractivity contribution is -0.136. The Hall–Kier alpha value is -2.74. The van der Waals surface area contributed by atoms with Crippen molar-refractivity contribution in [2.45, 2.75) is 19.5 Å². The van der Waals surface area contributed by atoms with Crippen LogP contribution in [0.15, 0.2) is 42.6 Å². The van der Waals surface area contributed by atoms with Crippen LogP contribution in [0.3, 0.4) is 0 Å². The standard InChI is InChI=1S/C17H17N3O2/c1-13-15-6-4-8-19(15)9-10-20(13)17(21)12-22-16-7-3-2-5-14(16)11-18/h2-8,13H,9-10,12H2,1H3. The molecule has 112 valence electrons. The maximum Gasteiger partial charge on any atom is 0.261 e. The Morgan fingerprint density at radius 3 is 2.95 bits per heavy atom. The fourth-order valence-electron chi connectivity index (χ4n) is 2.83. The number of amides is 1. The Morgan fingerprint density at radius 1 is 1.32 bits per heavy atom. The molecule has 1 aromatic carbocycles. The lowest BCUT2D eigenvalue weighted by Gasteiger charge is -2.34. The van der Waals surface area contributed by atoms with Gasteiger partial charge in [-0.25, -0.2) is 0 Å². The van der Waals surface area contributed by atoms with Crippen LogP contribution >= 0.6 is 0 Å². The summed E-state index contributed by atoms with van der Waals surface area (Å²) >= 11 is 0. The topological polar surface area (TPSA) is 58.3 Å². The first kappa shape index (κ1) is 14.2. The fourth-order valence-corrected chi connectivity index (χ4v) is 2.83. The number of rotatable bonds is 3. The average molecular weight is 295 g/mol. The molecule has 22 heavy (non-hydrogen) atoms. The van der Waals surface area contributed by atoms with Crippen LogP contribution in [0.2, 0.25) is 0 Å². The van der Waals surface area contributed by atoms with E-state index in [9.17, 15) is 4.79 Å². The van der Waals surface area contributed by atoms with Gasteiger partial charge in [-0.1, -0.05) is 12.1 Å². The van der Waals surface area contributed by atoms with E-state index >= 15 is 0 Å². The average Bonchev–Trinajstić information content (AvgIpc) is 3.02. The normalized spacial score (nSPS) is 16.7. The highest BCUT2D eigenvalue weighted by atomic mass is 16.5. The minimum absolute atomic E-state index is 0.0334. The van der Waals surface area contributed by atoms with Crippen LogP contribution < -0.4 is 4.74 Å². The highest BCUT2D eigenvalue weighted by molar-refractivity contribution is 5.78. The summed E-state index contributed by atoms with van der Waals surface area (Å²) in [5, 5.41) is 9.03. The number of carbonyl (C=O) groups excluding carboxylic acids is 1. The summed E-state index contributed by atoms with van der Waals surface area (Å²) in [4.78, 5) is 14.2. The Kier molecular flexibility index (Phi) is 3.84. The molecule has 5 heteroatoms. The summed E-state index contributed by atoms with van der Waals surface area (Å²) in [6.45, 7) is 3.44. The van der Waals surface area contributed by atoms with Crippen molar-refractivity contribution in [3.63, 3.8) is 0 Å². The second-order valence-corrected chi connectivity index (χ2v) is 5.29. The van der Waals surface area contributed by atoms with Crippen molar-refractivity contribution in [3.8, 4) is 11.8 Å². The molecule has 5 nitrogen and oxygen atoms in total. The lowest BCUT2D eigenvalue weighted by atomic mass is 10.1. The molecule has 1 aliphatic heterocycles. The second-order valence-electron chi connectivity index (χ2n) is 5.29. The Balaban J connectivity index is 1.67. The lowest BCUT2D eigenvalue weighted by Crippen LogP contribution is -2.42. The number of nitriles is 1. The van der Waals surface area contributed by atoms with E-state index in [-0.39, 0.29) is 18.6 Å². The summed E-state index contributed by atoms with van der Waals surface area (Å²) in [5.74, 6) is 0.388. The van der Waals surface area contributed by atoms with Crippen LogP contribution in [-0.2, 0) is 11.3 Å². The summed E-state index contributed by atoms with van der Waals surface area (Å²) in [6, 6.07) is 13.1. The molecule has 0 radical (unpaired) electrons. The van der Waals surface area contributed by atoms with Crippen molar-refractivity contribution in [1.29, 1.82) is 5.26 Å². The summed E-state index contributed by atoms with van der Waals surface area (Å²) in [6.07, 6.45) is 2.04. The number of carbonyl (C=O) groups is 1. The predicted octanol–water partition coefficient (Wildman–Crippen LogP) is 2.34. The molecule has 1 amide bonds. The van der Waals surface area contributed by atoms with Gasteiger partial charge in [-0.05, 0) is 31.2 Å². The monoisotopic (exact) mass is 295 g/mol. The van der Waals surface area contributed by atoms with E-state index in [2.05, 4.69) is 10.6 Å². The predicted molar refractivity (Wildman–Crippen MR) is 81.2 cm³/mol. The largest absolute Gasteiger partial charge is 0.482 e. The molecule has 1 aliphatic rings. The van der Waals surface area contributed by atoms with Crippen molar-refractivity contribution < 1.29 is 9.53 Å².